The zero-order valence-electron chi connectivity index (χ0n) is 11.3. The second kappa shape index (κ2) is 6.20. The van der Waals surface area contributed by atoms with Gasteiger partial charge in [-0.25, -0.2) is 0 Å². The number of nitrogens with two attached hydrogens (primary N) is 1. The summed E-state index contributed by atoms with van der Waals surface area (Å²) >= 11 is 7.85. The van der Waals surface area contributed by atoms with E-state index in [4.69, 9.17) is 17.3 Å². The summed E-state index contributed by atoms with van der Waals surface area (Å²) in [5.74, 6) is -0.455. The van der Waals surface area contributed by atoms with Crippen molar-refractivity contribution in [3.8, 4) is 0 Å². The van der Waals surface area contributed by atoms with Gasteiger partial charge in [0.05, 0.1) is 22.0 Å². The molecule has 0 saturated heterocycles. The second-order valence-corrected chi connectivity index (χ2v) is 5.37. The summed E-state index contributed by atoms with van der Waals surface area (Å²) in [7, 11) is 0. The quantitative estimate of drug-likeness (QED) is 0.863. The molecular formula is C15H15ClN2OS. The number of anilines is 2. The summed E-state index contributed by atoms with van der Waals surface area (Å²) in [5.41, 5.74) is 8.48. The minimum absolute atomic E-state index is 0.455. The Morgan fingerprint density at radius 1 is 1.15 bits per heavy atom. The first kappa shape index (κ1) is 14.8. The van der Waals surface area contributed by atoms with Crippen LogP contribution in [0.4, 0.5) is 11.4 Å². The molecule has 0 bridgehead atoms. The largest absolute Gasteiger partial charge is 0.366 e. The van der Waals surface area contributed by atoms with E-state index in [-0.39, 0.29) is 0 Å². The van der Waals surface area contributed by atoms with Crippen molar-refractivity contribution in [2.75, 3.05) is 10.6 Å². The maximum Gasteiger partial charge on any atom is 0.250 e. The standard InChI is InChI=1S/C15H15ClN2OS/c1-10-6-5-9-13(14(10)16)18(20-2)12-8-4-3-7-11(12)15(17)19/h3-9H,1-2H3,(H2,17,19). The molecule has 2 aromatic carbocycles. The van der Waals surface area contributed by atoms with Gasteiger partial charge >= 0.3 is 0 Å². The van der Waals surface area contributed by atoms with Gasteiger partial charge < -0.3 is 5.73 Å². The van der Waals surface area contributed by atoms with Crippen molar-refractivity contribution < 1.29 is 4.79 Å². The molecule has 0 aromatic heterocycles. The number of hydrogen-bond acceptors (Lipinski definition) is 3. The molecule has 5 heteroatoms. The molecule has 3 nitrogen and oxygen atoms in total. The van der Waals surface area contributed by atoms with E-state index in [1.165, 1.54) is 11.9 Å². The molecule has 0 aliphatic carbocycles. The van der Waals surface area contributed by atoms with Crippen LogP contribution in [0.3, 0.4) is 0 Å². The highest BCUT2D eigenvalue weighted by Gasteiger charge is 2.18. The zero-order chi connectivity index (χ0) is 14.7. The molecule has 1 amide bonds. The van der Waals surface area contributed by atoms with Crippen molar-refractivity contribution in [1.82, 2.24) is 0 Å². The van der Waals surface area contributed by atoms with Gasteiger partial charge in [-0.2, -0.15) is 0 Å². The van der Waals surface area contributed by atoms with Crippen LogP contribution < -0.4 is 10.0 Å². The third-order valence-corrected chi connectivity index (χ3v) is 4.21. The summed E-state index contributed by atoms with van der Waals surface area (Å²) in [5, 5.41) is 0.668. The van der Waals surface area contributed by atoms with Crippen molar-refractivity contribution in [1.29, 1.82) is 0 Å². The lowest BCUT2D eigenvalue weighted by atomic mass is 10.1. The Hall–Kier alpha value is -1.65. The molecule has 0 atom stereocenters. The Bertz CT molecular complexity index is 646. The van der Waals surface area contributed by atoms with E-state index in [0.29, 0.717) is 10.6 Å². The number of nitrogens with zero attached hydrogens (tertiary/aromatic N) is 1. The molecule has 2 N–H and O–H groups in total. The molecule has 0 radical (unpaired) electrons. The fourth-order valence-electron chi connectivity index (χ4n) is 1.97. The Morgan fingerprint density at radius 3 is 2.45 bits per heavy atom. The monoisotopic (exact) mass is 306 g/mol. The average Bonchev–Trinajstić information content (AvgIpc) is 2.44. The maximum atomic E-state index is 11.6. The number of carbonyl (C=O) groups is 1. The van der Waals surface area contributed by atoms with E-state index in [1.54, 1.807) is 12.1 Å². The Labute approximate surface area is 127 Å². The average molecular weight is 307 g/mol. The van der Waals surface area contributed by atoms with Gasteiger partial charge in [0.1, 0.15) is 0 Å². The third kappa shape index (κ3) is 2.76. The molecule has 2 rings (SSSR count). The highest BCUT2D eigenvalue weighted by Crippen LogP contribution is 2.39. The van der Waals surface area contributed by atoms with Crippen LogP contribution in [0.2, 0.25) is 5.02 Å². The second-order valence-electron chi connectivity index (χ2n) is 4.27. The smallest absolute Gasteiger partial charge is 0.250 e. The normalized spacial score (nSPS) is 10.3. The summed E-state index contributed by atoms with van der Waals surface area (Å²) in [6, 6.07) is 13.0. The summed E-state index contributed by atoms with van der Waals surface area (Å²) in [6.07, 6.45) is 1.93. The number of para-hydroxylation sites is 1. The molecule has 0 spiro atoms. The number of hydrogen-bond donors (Lipinski definition) is 1. The van der Waals surface area contributed by atoms with Crippen molar-refractivity contribution >= 4 is 40.8 Å². The Kier molecular flexibility index (Phi) is 4.57. The molecule has 0 unspecified atom stereocenters. The fourth-order valence-corrected chi connectivity index (χ4v) is 2.94. The van der Waals surface area contributed by atoms with Gasteiger partial charge in [0.2, 0.25) is 0 Å². The zero-order valence-corrected chi connectivity index (χ0v) is 12.8. The molecular weight excluding hydrogens is 292 g/mol. The van der Waals surface area contributed by atoms with Crippen molar-refractivity contribution in [2.45, 2.75) is 6.92 Å². The maximum absolute atomic E-state index is 11.6. The molecule has 0 aliphatic heterocycles. The molecule has 0 fully saturated rings. The van der Waals surface area contributed by atoms with Gasteiger partial charge in [0, 0.05) is 6.26 Å². The molecule has 0 aliphatic rings. The van der Waals surface area contributed by atoms with Gasteiger partial charge in [-0.1, -0.05) is 35.9 Å². The molecule has 0 heterocycles. The first-order chi connectivity index (χ1) is 9.56. The summed E-state index contributed by atoms with van der Waals surface area (Å²) < 4.78 is 1.91. The number of benzene rings is 2. The van der Waals surface area contributed by atoms with Crippen LogP contribution in [0.15, 0.2) is 42.5 Å². The number of carbonyl (C=O) groups excluding carboxylic acids is 1. The van der Waals surface area contributed by atoms with E-state index in [0.717, 1.165) is 16.9 Å². The minimum Gasteiger partial charge on any atom is -0.366 e. The van der Waals surface area contributed by atoms with Gasteiger partial charge in [0.15, 0.2) is 0 Å². The van der Waals surface area contributed by atoms with E-state index >= 15 is 0 Å². The lowest BCUT2D eigenvalue weighted by Crippen LogP contribution is -2.17. The van der Waals surface area contributed by atoms with Crippen LogP contribution in [-0.2, 0) is 0 Å². The molecule has 104 valence electrons. The van der Waals surface area contributed by atoms with Crippen molar-refractivity contribution in [3.05, 3.63) is 58.6 Å². The van der Waals surface area contributed by atoms with Crippen LogP contribution in [0.1, 0.15) is 15.9 Å². The molecule has 0 saturated carbocycles. The van der Waals surface area contributed by atoms with Gasteiger partial charge in [-0.3, -0.25) is 9.10 Å². The van der Waals surface area contributed by atoms with Crippen molar-refractivity contribution in [3.63, 3.8) is 0 Å². The highest BCUT2D eigenvalue weighted by molar-refractivity contribution is 8.00. The predicted octanol–water partition coefficient (Wildman–Crippen LogP) is 4.16. The number of rotatable bonds is 4. The molecule has 20 heavy (non-hydrogen) atoms. The lowest BCUT2D eigenvalue weighted by molar-refractivity contribution is 0.100. The van der Waals surface area contributed by atoms with Gasteiger partial charge in [0.25, 0.3) is 5.91 Å². The van der Waals surface area contributed by atoms with Crippen LogP contribution in [0, 0.1) is 6.92 Å². The number of primary amides is 1. The Morgan fingerprint density at radius 2 is 1.80 bits per heavy atom. The first-order valence-electron chi connectivity index (χ1n) is 6.04. The number of amides is 1. The van der Waals surface area contributed by atoms with Crippen molar-refractivity contribution in [2.24, 2.45) is 5.73 Å². The van der Waals surface area contributed by atoms with E-state index in [9.17, 15) is 4.79 Å². The highest BCUT2D eigenvalue weighted by atomic mass is 35.5. The van der Waals surface area contributed by atoms with Gasteiger partial charge in [-0.15, -0.1) is 0 Å². The fraction of sp³-hybridized carbons (Fsp3) is 0.133. The first-order valence-corrected chi connectivity index (χ1v) is 7.60. The molecule has 2 aromatic rings. The summed E-state index contributed by atoms with van der Waals surface area (Å²) in [6.45, 7) is 1.95. The van der Waals surface area contributed by atoms with E-state index in [2.05, 4.69) is 0 Å². The minimum atomic E-state index is -0.455. The van der Waals surface area contributed by atoms with Crippen LogP contribution in [0.5, 0.6) is 0 Å². The number of aryl methyl sites for hydroxylation is 1. The lowest BCUT2D eigenvalue weighted by Gasteiger charge is -2.25. The van der Waals surface area contributed by atoms with E-state index < -0.39 is 5.91 Å². The van der Waals surface area contributed by atoms with Crippen LogP contribution in [0.25, 0.3) is 0 Å². The summed E-state index contributed by atoms with van der Waals surface area (Å²) in [4.78, 5) is 11.6. The third-order valence-electron chi connectivity index (χ3n) is 2.96. The Balaban J connectivity index is 2.59. The predicted molar refractivity (Wildman–Crippen MR) is 86.8 cm³/mol. The number of halogens is 1. The van der Waals surface area contributed by atoms with Crippen LogP contribution >= 0.6 is 23.5 Å². The van der Waals surface area contributed by atoms with Crippen LogP contribution in [-0.4, -0.2) is 12.2 Å². The van der Waals surface area contributed by atoms with E-state index in [1.807, 2.05) is 47.8 Å². The van der Waals surface area contributed by atoms with Gasteiger partial charge in [-0.05, 0) is 42.6 Å². The SMILES string of the molecule is CSN(c1ccccc1C(N)=O)c1cccc(C)c1Cl. The topological polar surface area (TPSA) is 46.3 Å².